The summed E-state index contributed by atoms with van der Waals surface area (Å²) in [7, 11) is 0. The van der Waals surface area contributed by atoms with Gasteiger partial charge in [-0.05, 0) is 93.0 Å². The number of carboxylic acids is 4. The van der Waals surface area contributed by atoms with Gasteiger partial charge in [-0.3, -0.25) is 19.2 Å². The van der Waals surface area contributed by atoms with Gasteiger partial charge in [0.25, 0.3) is 0 Å². The number of hydrogen-bond donors (Lipinski definition) is 8. The third-order valence-corrected chi connectivity index (χ3v) is 9.50. The van der Waals surface area contributed by atoms with Crippen molar-refractivity contribution >= 4 is 70.3 Å². The number of hydrogen-bond acceptors (Lipinski definition) is 8. The maximum absolute atomic E-state index is 12.2. The van der Waals surface area contributed by atoms with Crippen molar-refractivity contribution in [2.45, 2.75) is 23.7 Å². The number of carboxylic acid groups (broad SMARTS) is 4. The topological polar surface area (TPSA) is 266 Å². The standard InChI is InChI=1S/C36H24N4O12/c41-29(33(45)46)37-13-4-8-20-21(9-13)26-19-7-3-14(38-30(42)34(47)48)10-22(19)27(20)28-23-11-15(39-31(43)35(49)50)1-5-17(23)25(26)18-6-2-16(12-24(18)28)40-32(44)36(51)52/h1-12,25-28H,(H,37,41)(H,38,42)(H,39,43)(H,40,44)(H,45,46)(H,47,48)(H,49,50)(H,51,52). The second-order valence-electron chi connectivity index (χ2n) is 12.3. The molecule has 0 radical (unpaired) electrons. The molecular weight excluding hydrogens is 680 g/mol. The minimum atomic E-state index is -1.71. The van der Waals surface area contributed by atoms with E-state index in [2.05, 4.69) is 21.3 Å². The molecule has 4 amide bonds. The van der Waals surface area contributed by atoms with Gasteiger partial charge in [0.1, 0.15) is 0 Å². The van der Waals surface area contributed by atoms with Gasteiger partial charge < -0.3 is 41.7 Å². The first kappa shape index (κ1) is 33.2. The first-order chi connectivity index (χ1) is 24.7. The maximum atomic E-state index is 12.2. The molecule has 4 aromatic carbocycles. The molecule has 0 aromatic heterocycles. The third-order valence-electron chi connectivity index (χ3n) is 9.50. The Kier molecular flexibility index (Phi) is 7.78. The van der Waals surface area contributed by atoms with Gasteiger partial charge in [-0.25, -0.2) is 19.2 Å². The normalized spacial score (nSPS) is 18.2. The molecule has 16 nitrogen and oxygen atoms in total. The summed E-state index contributed by atoms with van der Waals surface area (Å²) in [6, 6.07) is 19.8. The van der Waals surface area contributed by atoms with E-state index in [1.165, 1.54) is 6.07 Å². The van der Waals surface area contributed by atoms with Crippen LogP contribution < -0.4 is 21.3 Å². The summed E-state index contributed by atoms with van der Waals surface area (Å²) in [5, 5.41) is 46.5. The van der Waals surface area contributed by atoms with Gasteiger partial charge in [-0.2, -0.15) is 0 Å². The fraction of sp³-hybridized carbons (Fsp3) is 0.111. The molecule has 0 fully saturated rings. The van der Waals surface area contributed by atoms with Crippen LogP contribution in [-0.2, 0) is 38.4 Å². The molecule has 260 valence electrons. The molecule has 8 N–H and O–H groups in total. The lowest BCUT2D eigenvalue weighted by Gasteiger charge is -2.50. The van der Waals surface area contributed by atoms with Crippen LogP contribution in [0.3, 0.4) is 0 Å². The Morgan fingerprint density at radius 2 is 0.519 bits per heavy atom. The van der Waals surface area contributed by atoms with Crippen LogP contribution in [0.25, 0.3) is 0 Å². The second kappa shape index (κ2) is 12.2. The molecule has 6 aliphatic carbocycles. The number of benzene rings is 4. The molecule has 6 aliphatic rings. The molecule has 4 bridgehead atoms. The lowest BCUT2D eigenvalue weighted by Crippen LogP contribution is -2.36. The molecule has 52 heavy (non-hydrogen) atoms. The van der Waals surface area contributed by atoms with Crippen molar-refractivity contribution in [2.24, 2.45) is 0 Å². The Labute approximate surface area is 291 Å². The van der Waals surface area contributed by atoms with Crippen LogP contribution in [0.2, 0.25) is 0 Å². The minimum Gasteiger partial charge on any atom is -0.474 e. The zero-order chi connectivity index (χ0) is 37.2. The minimum absolute atomic E-state index is 0.166. The van der Waals surface area contributed by atoms with Crippen molar-refractivity contribution in [3.8, 4) is 0 Å². The fourth-order valence-corrected chi connectivity index (χ4v) is 7.67. The molecule has 2 unspecified atom stereocenters. The molecule has 0 saturated carbocycles. The summed E-state index contributed by atoms with van der Waals surface area (Å²) in [6.45, 7) is 0. The summed E-state index contributed by atoms with van der Waals surface area (Å²) in [6.07, 6.45) is 0. The first-order valence-electron chi connectivity index (χ1n) is 15.5. The highest BCUT2D eigenvalue weighted by Gasteiger charge is 2.50. The second-order valence-corrected chi connectivity index (χ2v) is 12.3. The summed E-state index contributed by atoms with van der Waals surface area (Å²) >= 11 is 0. The van der Waals surface area contributed by atoms with Crippen molar-refractivity contribution in [3.63, 3.8) is 0 Å². The van der Waals surface area contributed by atoms with Crippen LogP contribution >= 0.6 is 0 Å². The van der Waals surface area contributed by atoms with Crippen LogP contribution in [0.15, 0.2) is 72.8 Å². The Bertz CT molecular complexity index is 2270. The summed E-state index contributed by atoms with van der Waals surface area (Å²) in [5.74, 6) is -14.4. The predicted octanol–water partition coefficient (Wildman–Crippen LogP) is 2.65. The van der Waals surface area contributed by atoms with E-state index in [-0.39, 0.29) is 22.7 Å². The van der Waals surface area contributed by atoms with Crippen molar-refractivity contribution in [1.82, 2.24) is 0 Å². The Balaban J connectivity index is 1.50. The monoisotopic (exact) mass is 704 g/mol. The molecule has 4 aromatic rings. The van der Waals surface area contributed by atoms with E-state index in [4.69, 9.17) is 0 Å². The molecule has 0 aliphatic heterocycles. The van der Waals surface area contributed by atoms with Gasteiger partial charge in [-0.1, -0.05) is 24.3 Å². The Hall–Kier alpha value is -7.36. The van der Waals surface area contributed by atoms with Crippen LogP contribution in [0.5, 0.6) is 0 Å². The zero-order valence-corrected chi connectivity index (χ0v) is 26.3. The first-order valence-corrected chi connectivity index (χ1v) is 15.5. The van der Waals surface area contributed by atoms with Crippen LogP contribution in [-0.4, -0.2) is 67.9 Å². The number of carbonyl (C=O) groups excluding carboxylic acids is 4. The molecule has 16 heteroatoms. The molecule has 2 atom stereocenters. The summed E-state index contributed by atoms with van der Waals surface area (Å²) in [5.41, 5.74) is 6.43. The molecule has 0 heterocycles. The molecule has 10 rings (SSSR count). The quantitative estimate of drug-likeness (QED) is 0.143. The van der Waals surface area contributed by atoms with Gasteiger partial charge in [0.05, 0.1) is 0 Å². The van der Waals surface area contributed by atoms with Gasteiger partial charge in [0, 0.05) is 46.4 Å². The van der Waals surface area contributed by atoms with E-state index in [9.17, 15) is 58.8 Å². The Morgan fingerprint density at radius 1 is 0.327 bits per heavy atom. The highest BCUT2D eigenvalue weighted by atomic mass is 16.4. The van der Waals surface area contributed by atoms with Gasteiger partial charge in [-0.15, -0.1) is 0 Å². The number of aliphatic carboxylic acids is 4. The largest absolute Gasteiger partial charge is 0.474 e. The van der Waals surface area contributed by atoms with Crippen molar-refractivity contribution in [2.75, 3.05) is 21.3 Å². The van der Waals surface area contributed by atoms with E-state index in [0.717, 1.165) is 22.3 Å². The van der Waals surface area contributed by atoms with Gasteiger partial charge in [0.2, 0.25) is 0 Å². The number of anilines is 4. The van der Waals surface area contributed by atoms with Gasteiger partial charge >= 0.3 is 47.5 Å². The molecular formula is C36H24N4O12. The number of amides is 4. The Morgan fingerprint density at radius 3 is 0.731 bits per heavy atom. The van der Waals surface area contributed by atoms with Crippen molar-refractivity contribution in [3.05, 3.63) is 117 Å². The highest BCUT2D eigenvalue weighted by molar-refractivity contribution is 6.37. The zero-order valence-electron chi connectivity index (χ0n) is 26.3. The molecule has 0 spiro atoms. The van der Waals surface area contributed by atoms with E-state index < -0.39 is 71.2 Å². The average Bonchev–Trinajstić information content (AvgIpc) is 3.08. The summed E-state index contributed by atoms with van der Waals surface area (Å²) in [4.78, 5) is 94.4. The van der Waals surface area contributed by atoms with Crippen LogP contribution in [0.4, 0.5) is 22.7 Å². The van der Waals surface area contributed by atoms with Crippen LogP contribution in [0, 0.1) is 0 Å². The average molecular weight is 705 g/mol. The molecule has 0 saturated heterocycles. The number of carbonyl (C=O) groups is 8. The SMILES string of the molecule is O=C(O)C(=O)Nc1ccc2c(c1)C1c3ccc(NC(=O)C(=O)O)cc3C2C2c3cc(NC(=O)C(=O)O)ccc3C1c1ccc(NC(=O)C(=O)O)cc12. The lowest BCUT2D eigenvalue weighted by atomic mass is 9.53. The van der Waals surface area contributed by atoms with Crippen LogP contribution in [0.1, 0.15) is 68.2 Å². The summed E-state index contributed by atoms with van der Waals surface area (Å²) < 4.78 is 0. The van der Waals surface area contributed by atoms with E-state index >= 15 is 0 Å². The van der Waals surface area contributed by atoms with Crippen molar-refractivity contribution < 1.29 is 58.8 Å². The van der Waals surface area contributed by atoms with Crippen molar-refractivity contribution in [1.29, 1.82) is 0 Å². The highest BCUT2D eigenvalue weighted by Crippen LogP contribution is 2.64. The van der Waals surface area contributed by atoms with E-state index in [1.807, 2.05) is 0 Å². The fourth-order valence-electron chi connectivity index (χ4n) is 7.67. The smallest absolute Gasteiger partial charge is 0.394 e. The lowest BCUT2D eigenvalue weighted by molar-refractivity contribution is -0.147. The number of rotatable bonds is 4. The number of nitrogens with one attached hydrogen (secondary N) is 4. The van der Waals surface area contributed by atoms with Gasteiger partial charge in [0.15, 0.2) is 0 Å². The van der Waals surface area contributed by atoms with E-state index in [0.29, 0.717) is 22.3 Å². The maximum Gasteiger partial charge on any atom is 0.394 e. The predicted molar refractivity (Wildman–Crippen MR) is 178 cm³/mol. The van der Waals surface area contributed by atoms with E-state index in [1.54, 1.807) is 66.7 Å². The third kappa shape index (κ3) is 5.43.